The van der Waals surface area contributed by atoms with Crippen LogP contribution in [0.4, 0.5) is 5.82 Å². The molecule has 1 aliphatic carbocycles. The third-order valence-electron chi connectivity index (χ3n) is 5.05. The van der Waals surface area contributed by atoms with Crippen molar-refractivity contribution in [1.82, 2.24) is 9.78 Å². The Bertz CT molecular complexity index is 519. The highest BCUT2D eigenvalue weighted by atomic mass is 15.4. The van der Waals surface area contributed by atoms with E-state index in [9.17, 15) is 0 Å². The maximum atomic E-state index is 7.83. The fraction of sp³-hybridized carbons (Fsp3) is 0.733. The Kier molecular flexibility index (Phi) is 3.44. The maximum Gasteiger partial charge on any atom is 0.137 e. The fourth-order valence-electron chi connectivity index (χ4n) is 4.12. The second kappa shape index (κ2) is 5.11. The number of nitrogens with zero attached hydrogens (tertiary/aromatic N) is 3. The Morgan fingerprint density at radius 2 is 1.95 bits per heavy atom. The average Bonchev–Trinajstić information content (AvgIpc) is 2.73. The van der Waals surface area contributed by atoms with E-state index in [0.29, 0.717) is 0 Å². The minimum atomic E-state index is 0.136. The largest absolute Gasteiger partial charge is 0.384 e. The lowest BCUT2D eigenvalue weighted by Gasteiger charge is -2.42. The van der Waals surface area contributed by atoms with Gasteiger partial charge in [0.2, 0.25) is 0 Å². The number of nitrogens with two attached hydrogens (primary N) is 1. The van der Waals surface area contributed by atoms with Crippen LogP contribution in [-0.2, 0) is 7.05 Å². The standard InChI is InChI=1S/C15H25N5/c1-10-13(14(16)17)15(19(2)18-10)20-8-7-11-5-3-4-6-12(11)9-20/h11-12H,3-9H2,1-2H3,(H3,16,17). The van der Waals surface area contributed by atoms with Gasteiger partial charge in [-0.05, 0) is 31.6 Å². The van der Waals surface area contributed by atoms with Gasteiger partial charge >= 0.3 is 0 Å². The van der Waals surface area contributed by atoms with Gasteiger partial charge in [-0.1, -0.05) is 19.3 Å². The molecule has 1 saturated carbocycles. The van der Waals surface area contributed by atoms with Gasteiger partial charge in [0.15, 0.2) is 0 Å². The Balaban J connectivity index is 1.88. The monoisotopic (exact) mass is 275 g/mol. The van der Waals surface area contributed by atoms with Crippen LogP contribution in [-0.4, -0.2) is 28.7 Å². The molecular formula is C15H25N5. The SMILES string of the molecule is Cc1nn(C)c(N2CCC3CCCCC3C2)c1C(=N)N. The molecule has 3 N–H and O–H groups in total. The molecule has 2 unspecified atom stereocenters. The molecule has 0 radical (unpaired) electrons. The number of amidine groups is 1. The molecule has 2 aliphatic rings. The van der Waals surface area contributed by atoms with E-state index in [1.54, 1.807) is 0 Å². The van der Waals surface area contributed by atoms with Gasteiger partial charge in [-0.3, -0.25) is 10.1 Å². The molecule has 1 aromatic heterocycles. The molecule has 20 heavy (non-hydrogen) atoms. The smallest absolute Gasteiger partial charge is 0.137 e. The van der Waals surface area contributed by atoms with Crippen LogP contribution >= 0.6 is 0 Å². The predicted octanol–water partition coefficient (Wildman–Crippen LogP) is 2.03. The molecule has 0 bridgehead atoms. The van der Waals surface area contributed by atoms with Crippen molar-refractivity contribution in [3.63, 3.8) is 0 Å². The van der Waals surface area contributed by atoms with Gasteiger partial charge in [-0.2, -0.15) is 5.10 Å². The van der Waals surface area contributed by atoms with E-state index >= 15 is 0 Å². The highest BCUT2D eigenvalue weighted by Crippen LogP contribution is 2.38. The van der Waals surface area contributed by atoms with Crippen molar-refractivity contribution in [2.45, 2.75) is 39.0 Å². The van der Waals surface area contributed by atoms with Crippen LogP contribution in [0, 0.1) is 24.2 Å². The van der Waals surface area contributed by atoms with Crippen LogP contribution in [0.2, 0.25) is 0 Å². The van der Waals surface area contributed by atoms with Crippen molar-refractivity contribution in [2.75, 3.05) is 18.0 Å². The molecule has 0 aromatic carbocycles. The van der Waals surface area contributed by atoms with E-state index < -0.39 is 0 Å². The van der Waals surface area contributed by atoms with Crippen LogP contribution in [0.3, 0.4) is 0 Å². The van der Waals surface area contributed by atoms with E-state index in [-0.39, 0.29) is 5.84 Å². The summed E-state index contributed by atoms with van der Waals surface area (Å²) in [7, 11) is 1.96. The average molecular weight is 275 g/mol. The van der Waals surface area contributed by atoms with Gasteiger partial charge in [-0.25, -0.2) is 0 Å². The zero-order valence-corrected chi connectivity index (χ0v) is 12.5. The van der Waals surface area contributed by atoms with Crippen LogP contribution in [0.15, 0.2) is 0 Å². The number of hydrogen-bond donors (Lipinski definition) is 2. The van der Waals surface area contributed by atoms with Crippen LogP contribution < -0.4 is 10.6 Å². The number of hydrogen-bond acceptors (Lipinski definition) is 3. The lowest BCUT2D eigenvalue weighted by Crippen LogP contribution is -2.43. The van der Waals surface area contributed by atoms with Crippen molar-refractivity contribution in [2.24, 2.45) is 24.6 Å². The van der Waals surface area contributed by atoms with E-state index in [1.807, 2.05) is 18.7 Å². The first kappa shape index (κ1) is 13.5. The Hall–Kier alpha value is -1.52. The van der Waals surface area contributed by atoms with Gasteiger partial charge in [0.25, 0.3) is 0 Å². The normalized spacial score (nSPS) is 26.4. The number of rotatable bonds is 2. The number of aryl methyl sites for hydroxylation is 2. The topological polar surface area (TPSA) is 70.9 Å². The van der Waals surface area contributed by atoms with Crippen molar-refractivity contribution < 1.29 is 0 Å². The highest BCUT2D eigenvalue weighted by Gasteiger charge is 2.33. The molecule has 2 fully saturated rings. The van der Waals surface area contributed by atoms with Crippen LogP contribution in [0.25, 0.3) is 0 Å². The molecule has 0 amide bonds. The first-order chi connectivity index (χ1) is 9.58. The number of fused-ring (bicyclic) bond motifs is 1. The van der Waals surface area contributed by atoms with Crippen LogP contribution in [0.1, 0.15) is 43.4 Å². The molecule has 1 aromatic rings. The van der Waals surface area contributed by atoms with Gasteiger partial charge in [0.05, 0.1) is 11.3 Å². The van der Waals surface area contributed by atoms with Crippen molar-refractivity contribution in [3.8, 4) is 0 Å². The summed E-state index contributed by atoms with van der Waals surface area (Å²) in [5.74, 6) is 2.90. The summed E-state index contributed by atoms with van der Waals surface area (Å²) in [6.45, 7) is 4.11. The lowest BCUT2D eigenvalue weighted by molar-refractivity contribution is 0.201. The van der Waals surface area contributed by atoms with Gasteiger partial charge < -0.3 is 10.6 Å². The van der Waals surface area contributed by atoms with Crippen molar-refractivity contribution in [3.05, 3.63) is 11.3 Å². The Morgan fingerprint density at radius 1 is 1.25 bits per heavy atom. The molecule has 1 aliphatic heterocycles. The molecule has 110 valence electrons. The maximum absolute atomic E-state index is 7.83. The number of anilines is 1. The third kappa shape index (κ3) is 2.19. The molecule has 5 heteroatoms. The molecular weight excluding hydrogens is 250 g/mol. The van der Waals surface area contributed by atoms with Crippen molar-refractivity contribution >= 4 is 11.7 Å². The second-order valence-corrected chi connectivity index (χ2v) is 6.36. The number of nitrogens with one attached hydrogen (secondary N) is 1. The van der Waals surface area contributed by atoms with Gasteiger partial charge in [-0.15, -0.1) is 0 Å². The molecule has 3 rings (SSSR count). The van der Waals surface area contributed by atoms with Crippen molar-refractivity contribution in [1.29, 1.82) is 5.41 Å². The Morgan fingerprint density at radius 3 is 2.65 bits per heavy atom. The summed E-state index contributed by atoms with van der Waals surface area (Å²) in [5.41, 5.74) is 7.45. The molecule has 5 nitrogen and oxygen atoms in total. The number of piperidine rings is 1. The van der Waals surface area contributed by atoms with E-state index in [2.05, 4.69) is 10.00 Å². The first-order valence-corrected chi connectivity index (χ1v) is 7.71. The fourth-order valence-corrected chi connectivity index (χ4v) is 4.12. The number of nitrogen functional groups attached to an aromatic ring is 1. The Labute approximate surface area is 120 Å². The minimum Gasteiger partial charge on any atom is -0.384 e. The first-order valence-electron chi connectivity index (χ1n) is 7.71. The van der Waals surface area contributed by atoms with Crippen LogP contribution in [0.5, 0.6) is 0 Å². The molecule has 1 saturated heterocycles. The molecule has 2 atom stereocenters. The summed E-state index contributed by atoms with van der Waals surface area (Å²) < 4.78 is 1.90. The molecule has 2 heterocycles. The third-order valence-corrected chi connectivity index (χ3v) is 5.05. The quantitative estimate of drug-likeness (QED) is 0.641. The van der Waals surface area contributed by atoms with E-state index in [0.717, 1.165) is 42.0 Å². The summed E-state index contributed by atoms with van der Waals surface area (Å²) in [4.78, 5) is 2.41. The summed E-state index contributed by atoms with van der Waals surface area (Å²) >= 11 is 0. The summed E-state index contributed by atoms with van der Waals surface area (Å²) in [5, 5.41) is 12.3. The molecule has 0 spiro atoms. The zero-order chi connectivity index (χ0) is 14.3. The summed E-state index contributed by atoms with van der Waals surface area (Å²) in [6, 6.07) is 0. The number of aromatic nitrogens is 2. The summed E-state index contributed by atoms with van der Waals surface area (Å²) in [6.07, 6.45) is 6.81. The van der Waals surface area contributed by atoms with E-state index in [1.165, 1.54) is 32.1 Å². The zero-order valence-electron chi connectivity index (χ0n) is 12.5. The highest BCUT2D eigenvalue weighted by molar-refractivity contribution is 6.00. The minimum absolute atomic E-state index is 0.136. The second-order valence-electron chi connectivity index (χ2n) is 6.36. The predicted molar refractivity (Wildman–Crippen MR) is 81.2 cm³/mol. The van der Waals surface area contributed by atoms with Gasteiger partial charge in [0, 0.05) is 20.1 Å². The van der Waals surface area contributed by atoms with E-state index in [4.69, 9.17) is 11.1 Å². The lowest BCUT2D eigenvalue weighted by atomic mass is 9.75. The van der Waals surface area contributed by atoms with Gasteiger partial charge in [0.1, 0.15) is 11.7 Å².